The van der Waals surface area contributed by atoms with Crippen LogP contribution in [0.2, 0.25) is 0 Å². The first-order chi connectivity index (χ1) is 3.95. The third kappa shape index (κ3) is 6.10. The topological polar surface area (TPSA) is 20.2 Å². The lowest BCUT2D eigenvalue weighted by Gasteiger charge is -1.98. The van der Waals surface area contributed by atoms with E-state index in [1.807, 2.05) is 0 Å². The van der Waals surface area contributed by atoms with E-state index in [-0.39, 0.29) is 9.66 Å². The third-order valence-electron chi connectivity index (χ3n) is 0.471. The molecule has 0 unspecified atom stereocenters. The molecule has 0 radical (unpaired) electrons. The number of alkyl halides is 3. The third-order valence-corrected chi connectivity index (χ3v) is 1.12. The van der Waals surface area contributed by atoms with Crippen molar-refractivity contribution in [1.29, 1.82) is 0 Å². The molecule has 1 nitrogen and oxygen atoms in total. The van der Waals surface area contributed by atoms with Gasteiger partial charge in [0.25, 0.3) is 0 Å². The van der Waals surface area contributed by atoms with Crippen molar-refractivity contribution in [1.82, 2.24) is 0 Å². The molecule has 0 aliphatic rings. The molecule has 0 spiro atoms. The SMILES string of the molecule is OC/C(I)=C/C(F)(F)F. The van der Waals surface area contributed by atoms with Crippen LogP contribution in [0.3, 0.4) is 0 Å². The minimum Gasteiger partial charge on any atom is -0.391 e. The van der Waals surface area contributed by atoms with Gasteiger partial charge in [0.1, 0.15) is 0 Å². The van der Waals surface area contributed by atoms with Crippen LogP contribution in [-0.2, 0) is 0 Å². The molecule has 0 aliphatic carbocycles. The van der Waals surface area contributed by atoms with E-state index in [4.69, 9.17) is 5.11 Å². The van der Waals surface area contributed by atoms with Crippen LogP contribution in [0.1, 0.15) is 0 Å². The Morgan fingerprint density at radius 1 is 1.56 bits per heavy atom. The molecule has 0 aromatic heterocycles. The summed E-state index contributed by atoms with van der Waals surface area (Å²) < 4.78 is 33.8. The number of rotatable bonds is 1. The first-order valence-electron chi connectivity index (χ1n) is 2.00. The maximum absolute atomic E-state index is 11.3. The molecule has 54 valence electrons. The Kier molecular flexibility index (Phi) is 3.49. The number of allylic oxidation sites excluding steroid dienone is 1. The van der Waals surface area contributed by atoms with Gasteiger partial charge in [-0.1, -0.05) is 0 Å². The van der Waals surface area contributed by atoms with Gasteiger partial charge in [0.2, 0.25) is 0 Å². The van der Waals surface area contributed by atoms with Gasteiger partial charge in [-0.25, -0.2) is 0 Å². The Bertz CT molecular complexity index is 117. The van der Waals surface area contributed by atoms with Crippen molar-refractivity contribution in [2.24, 2.45) is 0 Å². The summed E-state index contributed by atoms with van der Waals surface area (Å²) in [5, 5.41) is 8.12. The van der Waals surface area contributed by atoms with Crippen molar-refractivity contribution in [3.05, 3.63) is 9.66 Å². The smallest absolute Gasteiger partial charge is 0.391 e. The Hall–Kier alpha value is 0.220. The minimum absolute atomic E-state index is 0.0631. The van der Waals surface area contributed by atoms with Gasteiger partial charge < -0.3 is 5.11 Å². The summed E-state index contributed by atoms with van der Waals surface area (Å²) in [5.74, 6) is 0. The van der Waals surface area contributed by atoms with Gasteiger partial charge in [0, 0.05) is 9.66 Å². The first kappa shape index (κ1) is 9.22. The van der Waals surface area contributed by atoms with Crippen molar-refractivity contribution < 1.29 is 18.3 Å². The Balaban J connectivity index is 3.95. The van der Waals surface area contributed by atoms with Gasteiger partial charge >= 0.3 is 6.18 Å². The molecule has 0 aromatic rings. The quantitative estimate of drug-likeness (QED) is 0.706. The van der Waals surface area contributed by atoms with Crippen LogP contribution in [0.15, 0.2) is 9.66 Å². The molecule has 0 atom stereocenters. The van der Waals surface area contributed by atoms with Crippen LogP contribution in [0.25, 0.3) is 0 Å². The highest BCUT2D eigenvalue weighted by molar-refractivity contribution is 14.1. The second-order valence-corrected chi connectivity index (χ2v) is 2.68. The average molecular weight is 252 g/mol. The maximum atomic E-state index is 11.3. The normalized spacial score (nSPS) is 14.1. The van der Waals surface area contributed by atoms with E-state index < -0.39 is 12.8 Å². The van der Waals surface area contributed by atoms with Crippen molar-refractivity contribution in [3.8, 4) is 0 Å². The Morgan fingerprint density at radius 3 is 2.11 bits per heavy atom. The van der Waals surface area contributed by atoms with Crippen LogP contribution in [0.5, 0.6) is 0 Å². The van der Waals surface area contributed by atoms with Gasteiger partial charge in [-0.05, 0) is 22.6 Å². The molecule has 0 amide bonds. The fourth-order valence-electron chi connectivity index (χ4n) is 0.223. The van der Waals surface area contributed by atoms with Gasteiger partial charge in [-0.3, -0.25) is 0 Å². The summed E-state index contributed by atoms with van der Waals surface area (Å²) in [6.45, 7) is -0.555. The van der Waals surface area contributed by atoms with Crippen molar-refractivity contribution in [2.75, 3.05) is 6.61 Å². The van der Waals surface area contributed by atoms with E-state index in [1.54, 1.807) is 0 Å². The van der Waals surface area contributed by atoms with Crippen LogP contribution in [0.4, 0.5) is 13.2 Å². The van der Waals surface area contributed by atoms with Gasteiger partial charge in [0.05, 0.1) is 6.61 Å². The fraction of sp³-hybridized carbons (Fsp3) is 0.500. The zero-order chi connectivity index (χ0) is 7.49. The molecular weight excluding hydrogens is 248 g/mol. The summed E-state index contributed by atoms with van der Waals surface area (Å²) in [7, 11) is 0. The number of aliphatic hydroxyl groups excluding tert-OH is 1. The van der Waals surface area contributed by atoms with Gasteiger partial charge in [-0.2, -0.15) is 13.2 Å². The molecule has 0 saturated heterocycles. The summed E-state index contributed by atoms with van der Waals surface area (Å²) >= 11 is 1.42. The van der Waals surface area contributed by atoms with Crippen LogP contribution < -0.4 is 0 Å². The maximum Gasteiger partial charge on any atom is 0.410 e. The summed E-state index contributed by atoms with van der Waals surface area (Å²) in [6.07, 6.45) is -4.24. The average Bonchev–Trinajstić information content (AvgIpc) is 1.62. The lowest BCUT2D eigenvalue weighted by molar-refractivity contribution is -0.0803. The zero-order valence-electron chi connectivity index (χ0n) is 4.24. The van der Waals surface area contributed by atoms with Crippen LogP contribution in [-0.4, -0.2) is 17.9 Å². The second kappa shape index (κ2) is 3.40. The highest BCUT2D eigenvalue weighted by atomic mass is 127. The molecule has 9 heavy (non-hydrogen) atoms. The largest absolute Gasteiger partial charge is 0.410 e. The molecule has 0 aromatic carbocycles. The molecule has 0 heterocycles. The summed E-state index contributed by atoms with van der Waals surface area (Å²) in [4.78, 5) is 0. The monoisotopic (exact) mass is 252 g/mol. The predicted molar refractivity (Wildman–Crippen MR) is 35.2 cm³/mol. The fourth-order valence-corrected chi connectivity index (χ4v) is 0.576. The predicted octanol–water partition coefficient (Wildman–Crippen LogP) is 1.86. The van der Waals surface area contributed by atoms with E-state index in [1.165, 1.54) is 22.6 Å². The molecular formula is C4H4F3IO. The number of hydrogen-bond acceptors (Lipinski definition) is 1. The molecule has 0 aliphatic heterocycles. The van der Waals surface area contributed by atoms with Crippen molar-refractivity contribution in [3.63, 3.8) is 0 Å². The number of halogens is 4. The van der Waals surface area contributed by atoms with E-state index in [2.05, 4.69) is 0 Å². The molecule has 1 N–H and O–H groups in total. The number of hydrogen-bond donors (Lipinski definition) is 1. The lowest BCUT2D eigenvalue weighted by Crippen LogP contribution is -2.02. The number of aliphatic hydroxyl groups is 1. The molecule has 0 saturated carbocycles. The molecule has 0 rings (SSSR count). The standard InChI is InChI=1S/C4H4F3IO/c5-4(6,7)1-3(8)2-9/h1,9H,2H2/b3-1-. The zero-order valence-corrected chi connectivity index (χ0v) is 6.40. The van der Waals surface area contributed by atoms with Gasteiger partial charge in [-0.15, -0.1) is 0 Å². The van der Waals surface area contributed by atoms with E-state index in [0.717, 1.165) is 0 Å². The summed E-state index contributed by atoms with van der Waals surface area (Å²) in [6, 6.07) is 0. The lowest BCUT2D eigenvalue weighted by atomic mass is 10.5. The molecule has 5 heteroatoms. The minimum atomic E-state index is -4.31. The van der Waals surface area contributed by atoms with E-state index in [0.29, 0.717) is 0 Å². The van der Waals surface area contributed by atoms with Crippen molar-refractivity contribution >= 4 is 22.6 Å². The Labute approximate surface area is 63.7 Å². The highest BCUT2D eigenvalue weighted by Gasteiger charge is 2.23. The van der Waals surface area contributed by atoms with E-state index >= 15 is 0 Å². The second-order valence-electron chi connectivity index (χ2n) is 1.29. The van der Waals surface area contributed by atoms with Crippen LogP contribution >= 0.6 is 22.6 Å². The first-order valence-corrected chi connectivity index (χ1v) is 3.08. The van der Waals surface area contributed by atoms with E-state index in [9.17, 15) is 13.2 Å². The molecule has 0 fully saturated rings. The van der Waals surface area contributed by atoms with Gasteiger partial charge in [0.15, 0.2) is 0 Å². The molecule has 0 bridgehead atoms. The Morgan fingerprint density at radius 2 is 2.00 bits per heavy atom. The van der Waals surface area contributed by atoms with Crippen molar-refractivity contribution in [2.45, 2.75) is 6.18 Å². The summed E-state index contributed by atoms with van der Waals surface area (Å²) in [5.41, 5.74) is 0. The highest BCUT2D eigenvalue weighted by Crippen LogP contribution is 2.20. The van der Waals surface area contributed by atoms with Crippen LogP contribution in [0, 0.1) is 0 Å².